The smallest absolute Gasteiger partial charge is 0.219 e. The highest BCUT2D eigenvalue weighted by atomic mass is 16.2. The molecule has 0 bridgehead atoms. The van der Waals surface area contributed by atoms with Crippen LogP contribution in [0.3, 0.4) is 0 Å². The molecule has 0 unspecified atom stereocenters. The van der Waals surface area contributed by atoms with Crippen molar-refractivity contribution in [3.63, 3.8) is 0 Å². The van der Waals surface area contributed by atoms with Crippen LogP contribution in [-0.2, 0) is 11.3 Å². The van der Waals surface area contributed by atoms with E-state index in [1.807, 2.05) is 12.3 Å². The molecule has 1 amide bonds. The Bertz CT molecular complexity index is 739. The van der Waals surface area contributed by atoms with Gasteiger partial charge in [-0.25, -0.2) is 0 Å². The topological polar surface area (TPSA) is 36.4 Å². The molecule has 2 atom stereocenters. The first-order valence-electron chi connectivity index (χ1n) is 9.08. The van der Waals surface area contributed by atoms with E-state index in [-0.39, 0.29) is 5.91 Å². The van der Waals surface area contributed by atoms with Crippen LogP contribution in [0.2, 0.25) is 0 Å². The van der Waals surface area contributed by atoms with E-state index in [4.69, 9.17) is 0 Å². The molecule has 126 valence electrons. The Morgan fingerprint density at radius 2 is 2.04 bits per heavy atom. The summed E-state index contributed by atoms with van der Waals surface area (Å²) in [6, 6.07) is 11.5. The molecule has 0 radical (unpaired) electrons. The van der Waals surface area contributed by atoms with Gasteiger partial charge in [-0.3, -0.25) is 14.7 Å². The van der Waals surface area contributed by atoms with E-state index in [0.29, 0.717) is 12.1 Å². The molecule has 3 heterocycles. The van der Waals surface area contributed by atoms with Crippen LogP contribution in [-0.4, -0.2) is 45.9 Å². The number of hydrogen-bond acceptors (Lipinski definition) is 3. The Morgan fingerprint density at radius 1 is 1.12 bits per heavy atom. The maximum absolute atomic E-state index is 12.0. The lowest BCUT2D eigenvalue weighted by atomic mass is 10.0. The van der Waals surface area contributed by atoms with E-state index in [1.165, 1.54) is 23.8 Å². The van der Waals surface area contributed by atoms with Crippen molar-refractivity contribution in [3.8, 4) is 0 Å². The van der Waals surface area contributed by atoms with Crippen LogP contribution >= 0.6 is 0 Å². The van der Waals surface area contributed by atoms with Crippen molar-refractivity contribution in [1.82, 2.24) is 14.8 Å². The van der Waals surface area contributed by atoms with Gasteiger partial charge in [0.15, 0.2) is 0 Å². The van der Waals surface area contributed by atoms with Gasteiger partial charge in [0.2, 0.25) is 5.91 Å². The number of nitrogens with zero attached hydrogens (tertiary/aromatic N) is 3. The standard InChI is InChI=1S/C20H25N3O/c1-15(24)23-12-3-2-9-19-20(23)10-13-22(19)14-16-6-4-8-18-17(16)7-5-11-21-18/h4-8,11,19-20H,2-3,9-10,12-14H2,1H3/t19-,20-/m1/s1. The molecule has 1 aromatic carbocycles. The molecule has 2 aromatic rings. The van der Waals surface area contributed by atoms with Crippen LogP contribution in [0.15, 0.2) is 36.5 Å². The van der Waals surface area contributed by atoms with Crippen molar-refractivity contribution >= 4 is 16.8 Å². The summed E-state index contributed by atoms with van der Waals surface area (Å²) in [5.41, 5.74) is 2.41. The highest BCUT2D eigenvalue weighted by molar-refractivity contribution is 5.81. The first kappa shape index (κ1) is 15.6. The Hall–Kier alpha value is -1.94. The number of carbonyl (C=O) groups excluding carboxylic acids is 1. The largest absolute Gasteiger partial charge is 0.338 e. The first-order chi connectivity index (χ1) is 11.7. The molecule has 24 heavy (non-hydrogen) atoms. The van der Waals surface area contributed by atoms with Gasteiger partial charge in [-0.05, 0) is 37.0 Å². The van der Waals surface area contributed by atoms with Crippen molar-refractivity contribution < 1.29 is 4.79 Å². The molecule has 2 aliphatic rings. The van der Waals surface area contributed by atoms with Gasteiger partial charge in [0.1, 0.15) is 0 Å². The molecule has 4 rings (SSSR count). The second kappa shape index (κ2) is 6.52. The number of hydrogen-bond donors (Lipinski definition) is 0. The number of amides is 1. The SMILES string of the molecule is CC(=O)N1CCCC[C@@H]2[C@H]1CCN2Cc1cccc2ncccc12. The zero-order chi connectivity index (χ0) is 16.5. The average molecular weight is 323 g/mol. The van der Waals surface area contributed by atoms with E-state index in [9.17, 15) is 4.79 Å². The number of aromatic nitrogens is 1. The molecular weight excluding hydrogens is 298 g/mol. The minimum absolute atomic E-state index is 0.239. The van der Waals surface area contributed by atoms with Crippen LogP contribution < -0.4 is 0 Å². The van der Waals surface area contributed by atoms with Gasteiger partial charge in [-0.15, -0.1) is 0 Å². The quantitative estimate of drug-likeness (QED) is 0.851. The molecule has 2 fully saturated rings. The monoisotopic (exact) mass is 323 g/mol. The second-order valence-electron chi connectivity index (χ2n) is 7.09. The van der Waals surface area contributed by atoms with Crippen LogP contribution in [0.4, 0.5) is 0 Å². The number of pyridine rings is 1. The number of fused-ring (bicyclic) bond motifs is 2. The normalized spacial score (nSPS) is 24.8. The van der Waals surface area contributed by atoms with Gasteiger partial charge in [0, 0.05) is 50.2 Å². The zero-order valence-electron chi connectivity index (χ0n) is 14.3. The minimum Gasteiger partial charge on any atom is -0.338 e. The summed E-state index contributed by atoms with van der Waals surface area (Å²) in [6.07, 6.45) is 6.52. The first-order valence-corrected chi connectivity index (χ1v) is 9.08. The van der Waals surface area contributed by atoms with Crippen molar-refractivity contribution in [2.75, 3.05) is 13.1 Å². The Balaban J connectivity index is 1.60. The van der Waals surface area contributed by atoms with Crippen molar-refractivity contribution in [2.45, 2.75) is 51.2 Å². The van der Waals surface area contributed by atoms with Gasteiger partial charge < -0.3 is 4.90 Å². The van der Waals surface area contributed by atoms with Gasteiger partial charge in [-0.1, -0.05) is 24.6 Å². The molecular formula is C20H25N3O. The molecule has 0 spiro atoms. The second-order valence-corrected chi connectivity index (χ2v) is 7.09. The van der Waals surface area contributed by atoms with Crippen molar-refractivity contribution in [3.05, 3.63) is 42.1 Å². The maximum Gasteiger partial charge on any atom is 0.219 e. The fourth-order valence-corrected chi connectivity index (χ4v) is 4.55. The number of rotatable bonds is 2. The highest BCUT2D eigenvalue weighted by Crippen LogP contribution is 2.32. The number of carbonyl (C=O) groups is 1. The maximum atomic E-state index is 12.0. The predicted molar refractivity (Wildman–Crippen MR) is 95.6 cm³/mol. The molecule has 2 saturated heterocycles. The molecule has 0 aliphatic carbocycles. The van der Waals surface area contributed by atoms with Crippen LogP contribution in [0.5, 0.6) is 0 Å². The fourth-order valence-electron chi connectivity index (χ4n) is 4.55. The van der Waals surface area contributed by atoms with E-state index >= 15 is 0 Å². The molecule has 0 saturated carbocycles. The molecule has 2 aliphatic heterocycles. The summed E-state index contributed by atoms with van der Waals surface area (Å²) in [4.78, 5) is 21.2. The predicted octanol–water partition coefficient (Wildman–Crippen LogP) is 3.21. The summed E-state index contributed by atoms with van der Waals surface area (Å²) in [5.74, 6) is 0.239. The van der Waals surface area contributed by atoms with E-state index < -0.39 is 0 Å². The Labute approximate surface area is 143 Å². The van der Waals surface area contributed by atoms with Gasteiger partial charge in [0.25, 0.3) is 0 Å². The minimum atomic E-state index is 0.239. The number of benzene rings is 1. The van der Waals surface area contributed by atoms with Crippen LogP contribution in [0.1, 0.15) is 38.2 Å². The lowest BCUT2D eigenvalue weighted by Crippen LogP contribution is -2.45. The van der Waals surface area contributed by atoms with Crippen LogP contribution in [0, 0.1) is 0 Å². The average Bonchev–Trinajstić information content (AvgIpc) is 2.85. The van der Waals surface area contributed by atoms with E-state index in [2.05, 4.69) is 39.0 Å². The third kappa shape index (κ3) is 2.80. The summed E-state index contributed by atoms with van der Waals surface area (Å²) >= 11 is 0. The Kier molecular flexibility index (Phi) is 4.23. The lowest BCUT2D eigenvalue weighted by Gasteiger charge is -2.32. The summed E-state index contributed by atoms with van der Waals surface area (Å²) in [6.45, 7) is 4.69. The highest BCUT2D eigenvalue weighted by Gasteiger charge is 2.39. The molecule has 1 aromatic heterocycles. The van der Waals surface area contributed by atoms with Crippen molar-refractivity contribution in [1.29, 1.82) is 0 Å². The van der Waals surface area contributed by atoms with E-state index in [0.717, 1.165) is 38.0 Å². The third-order valence-electron chi connectivity index (χ3n) is 5.69. The van der Waals surface area contributed by atoms with Crippen LogP contribution in [0.25, 0.3) is 10.9 Å². The summed E-state index contributed by atoms with van der Waals surface area (Å²) in [7, 11) is 0. The van der Waals surface area contributed by atoms with Gasteiger partial charge >= 0.3 is 0 Å². The summed E-state index contributed by atoms with van der Waals surface area (Å²) < 4.78 is 0. The van der Waals surface area contributed by atoms with Gasteiger partial charge in [0.05, 0.1) is 5.52 Å². The van der Waals surface area contributed by atoms with Crippen molar-refractivity contribution in [2.24, 2.45) is 0 Å². The molecule has 4 heteroatoms. The summed E-state index contributed by atoms with van der Waals surface area (Å²) in [5, 5.41) is 1.25. The van der Waals surface area contributed by atoms with E-state index in [1.54, 1.807) is 6.92 Å². The molecule has 0 N–H and O–H groups in total. The lowest BCUT2D eigenvalue weighted by molar-refractivity contribution is -0.131. The van der Waals surface area contributed by atoms with Gasteiger partial charge in [-0.2, -0.15) is 0 Å². The fraction of sp³-hybridized carbons (Fsp3) is 0.500. The zero-order valence-corrected chi connectivity index (χ0v) is 14.3. The third-order valence-corrected chi connectivity index (χ3v) is 5.69. The Morgan fingerprint density at radius 3 is 2.92 bits per heavy atom. The number of likely N-dealkylation sites (tertiary alicyclic amines) is 2. The molecule has 4 nitrogen and oxygen atoms in total.